The van der Waals surface area contributed by atoms with Crippen molar-refractivity contribution in [1.29, 1.82) is 0 Å². The Morgan fingerprint density at radius 2 is 1.79 bits per heavy atom. The van der Waals surface area contributed by atoms with Crippen LogP contribution in [0.2, 0.25) is 0 Å². The number of benzene rings is 1. The van der Waals surface area contributed by atoms with Crippen molar-refractivity contribution in [2.75, 3.05) is 23.7 Å². The standard InChI is InChI=1S/C11H18N2.ClH/c1-4-13(5-2)10-6-7-11(12)9(3)8-10;/h6-8H,4-5,12H2,1-3H3;1H. The first-order chi connectivity index (χ1) is 6.19. The molecule has 0 aromatic heterocycles. The van der Waals surface area contributed by atoms with E-state index >= 15 is 0 Å². The molecule has 0 fully saturated rings. The molecule has 0 aliphatic heterocycles. The molecular weight excluding hydrogens is 196 g/mol. The van der Waals surface area contributed by atoms with E-state index in [-0.39, 0.29) is 12.4 Å². The Morgan fingerprint density at radius 3 is 2.21 bits per heavy atom. The number of rotatable bonds is 3. The van der Waals surface area contributed by atoms with Crippen molar-refractivity contribution in [3.8, 4) is 0 Å². The Labute approximate surface area is 92.5 Å². The van der Waals surface area contributed by atoms with Gasteiger partial charge in [-0.15, -0.1) is 12.4 Å². The minimum Gasteiger partial charge on any atom is -0.399 e. The second-order valence-corrected chi connectivity index (χ2v) is 3.21. The van der Waals surface area contributed by atoms with Gasteiger partial charge in [-0.3, -0.25) is 0 Å². The van der Waals surface area contributed by atoms with E-state index in [9.17, 15) is 0 Å². The number of nitrogens with two attached hydrogens (primary N) is 1. The van der Waals surface area contributed by atoms with Gasteiger partial charge in [-0.1, -0.05) is 0 Å². The molecule has 1 aromatic carbocycles. The van der Waals surface area contributed by atoms with Gasteiger partial charge in [0.25, 0.3) is 0 Å². The molecule has 0 amide bonds. The molecule has 0 atom stereocenters. The summed E-state index contributed by atoms with van der Waals surface area (Å²) >= 11 is 0. The van der Waals surface area contributed by atoms with Crippen molar-refractivity contribution in [2.24, 2.45) is 0 Å². The molecule has 80 valence electrons. The smallest absolute Gasteiger partial charge is 0.0370 e. The fraction of sp³-hybridized carbons (Fsp3) is 0.455. The number of aryl methyl sites for hydroxylation is 1. The van der Waals surface area contributed by atoms with E-state index in [1.807, 2.05) is 13.0 Å². The Kier molecular flexibility index (Phi) is 5.39. The number of hydrogen-bond acceptors (Lipinski definition) is 2. The number of nitrogens with zero attached hydrogens (tertiary/aromatic N) is 1. The van der Waals surface area contributed by atoms with Crippen LogP contribution in [-0.2, 0) is 0 Å². The van der Waals surface area contributed by atoms with Gasteiger partial charge in [-0.25, -0.2) is 0 Å². The normalized spacial score (nSPS) is 9.36. The molecular formula is C11H19ClN2. The molecule has 0 saturated heterocycles. The summed E-state index contributed by atoms with van der Waals surface area (Å²) in [5.74, 6) is 0. The van der Waals surface area contributed by atoms with Crippen molar-refractivity contribution >= 4 is 23.8 Å². The van der Waals surface area contributed by atoms with Crippen LogP contribution in [0.15, 0.2) is 18.2 Å². The van der Waals surface area contributed by atoms with Crippen molar-refractivity contribution in [3.63, 3.8) is 0 Å². The Balaban J connectivity index is 0.00000169. The minimum atomic E-state index is 0. The van der Waals surface area contributed by atoms with Crippen LogP contribution in [-0.4, -0.2) is 13.1 Å². The summed E-state index contributed by atoms with van der Waals surface area (Å²) < 4.78 is 0. The van der Waals surface area contributed by atoms with E-state index in [2.05, 4.69) is 30.9 Å². The molecule has 0 heterocycles. The maximum Gasteiger partial charge on any atom is 0.0370 e. The zero-order valence-electron chi connectivity index (χ0n) is 9.08. The highest BCUT2D eigenvalue weighted by molar-refractivity contribution is 5.85. The minimum absolute atomic E-state index is 0. The molecule has 0 saturated carbocycles. The molecule has 2 nitrogen and oxygen atoms in total. The van der Waals surface area contributed by atoms with Gasteiger partial charge in [-0.2, -0.15) is 0 Å². The van der Waals surface area contributed by atoms with Crippen molar-refractivity contribution in [1.82, 2.24) is 0 Å². The van der Waals surface area contributed by atoms with Gasteiger partial charge < -0.3 is 10.6 Å². The van der Waals surface area contributed by atoms with Gasteiger partial charge >= 0.3 is 0 Å². The number of nitrogen functional groups attached to an aromatic ring is 1. The van der Waals surface area contributed by atoms with E-state index in [4.69, 9.17) is 5.73 Å². The lowest BCUT2D eigenvalue weighted by molar-refractivity contribution is 0.866. The van der Waals surface area contributed by atoms with Gasteiger partial charge in [-0.05, 0) is 44.5 Å². The lowest BCUT2D eigenvalue weighted by atomic mass is 10.1. The van der Waals surface area contributed by atoms with Crippen molar-refractivity contribution in [3.05, 3.63) is 23.8 Å². The Morgan fingerprint density at radius 1 is 1.21 bits per heavy atom. The summed E-state index contributed by atoms with van der Waals surface area (Å²) in [5.41, 5.74) is 9.04. The number of hydrogen-bond donors (Lipinski definition) is 1. The Bertz CT molecular complexity index is 283. The maximum atomic E-state index is 5.75. The molecule has 0 bridgehead atoms. The first-order valence-electron chi connectivity index (χ1n) is 4.80. The first kappa shape index (κ1) is 13.1. The van der Waals surface area contributed by atoms with Gasteiger partial charge in [0.2, 0.25) is 0 Å². The van der Waals surface area contributed by atoms with Crippen LogP contribution in [0, 0.1) is 6.92 Å². The summed E-state index contributed by atoms with van der Waals surface area (Å²) in [7, 11) is 0. The third kappa shape index (κ3) is 2.81. The first-order valence-corrected chi connectivity index (χ1v) is 4.80. The maximum absolute atomic E-state index is 5.75. The third-order valence-corrected chi connectivity index (χ3v) is 2.38. The molecule has 1 rings (SSSR count). The summed E-state index contributed by atoms with van der Waals surface area (Å²) in [6.07, 6.45) is 0. The average Bonchev–Trinajstić information content (AvgIpc) is 2.13. The lowest BCUT2D eigenvalue weighted by Gasteiger charge is -2.21. The van der Waals surface area contributed by atoms with Crippen LogP contribution in [0.25, 0.3) is 0 Å². The number of anilines is 2. The van der Waals surface area contributed by atoms with Gasteiger partial charge in [0.1, 0.15) is 0 Å². The molecule has 3 heteroatoms. The number of halogens is 1. The van der Waals surface area contributed by atoms with Crippen LogP contribution in [0.3, 0.4) is 0 Å². The van der Waals surface area contributed by atoms with Crippen LogP contribution in [0.4, 0.5) is 11.4 Å². The summed E-state index contributed by atoms with van der Waals surface area (Å²) in [5, 5.41) is 0. The average molecular weight is 215 g/mol. The molecule has 1 aromatic rings. The van der Waals surface area contributed by atoms with Gasteiger partial charge in [0.05, 0.1) is 0 Å². The van der Waals surface area contributed by atoms with E-state index in [1.54, 1.807) is 0 Å². The van der Waals surface area contributed by atoms with E-state index < -0.39 is 0 Å². The third-order valence-electron chi connectivity index (χ3n) is 2.38. The molecule has 0 aliphatic rings. The highest BCUT2D eigenvalue weighted by Gasteiger charge is 2.02. The summed E-state index contributed by atoms with van der Waals surface area (Å²) in [4.78, 5) is 2.31. The van der Waals surface area contributed by atoms with Crippen molar-refractivity contribution in [2.45, 2.75) is 20.8 Å². The van der Waals surface area contributed by atoms with Crippen LogP contribution in [0.5, 0.6) is 0 Å². The van der Waals surface area contributed by atoms with Gasteiger partial charge in [0.15, 0.2) is 0 Å². The zero-order chi connectivity index (χ0) is 9.84. The molecule has 14 heavy (non-hydrogen) atoms. The highest BCUT2D eigenvalue weighted by atomic mass is 35.5. The topological polar surface area (TPSA) is 29.3 Å². The van der Waals surface area contributed by atoms with Crippen molar-refractivity contribution < 1.29 is 0 Å². The SMILES string of the molecule is CCN(CC)c1ccc(N)c(C)c1.Cl. The van der Waals surface area contributed by atoms with Crippen LogP contribution < -0.4 is 10.6 Å². The molecule has 0 unspecified atom stereocenters. The second-order valence-electron chi connectivity index (χ2n) is 3.21. The molecule has 0 aliphatic carbocycles. The van der Waals surface area contributed by atoms with E-state index in [0.29, 0.717) is 0 Å². The fourth-order valence-electron chi connectivity index (χ4n) is 1.45. The van der Waals surface area contributed by atoms with Crippen LogP contribution in [0.1, 0.15) is 19.4 Å². The fourth-order valence-corrected chi connectivity index (χ4v) is 1.45. The van der Waals surface area contributed by atoms with E-state index in [0.717, 1.165) is 24.3 Å². The largest absolute Gasteiger partial charge is 0.399 e. The second kappa shape index (κ2) is 5.76. The monoisotopic (exact) mass is 214 g/mol. The molecule has 0 radical (unpaired) electrons. The van der Waals surface area contributed by atoms with Gasteiger partial charge in [0, 0.05) is 24.5 Å². The highest BCUT2D eigenvalue weighted by Crippen LogP contribution is 2.19. The van der Waals surface area contributed by atoms with E-state index in [1.165, 1.54) is 5.69 Å². The van der Waals surface area contributed by atoms with Crippen LogP contribution >= 0.6 is 12.4 Å². The summed E-state index contributed by atoms with van der Waals surface area (Å²) in [6.45, 7) is 8.45. The quantitative estimate of drug-likeness (QED) is 0.785. The Hall–Kier alpha value is -0.890. The molecule has 0 spiro atoms. The predicted octanol–water partition coefficient (Wildman–Crippen LogP) is 2.85. The predicted molar refractivity (Wildman–Crippen MR) is 66.4 cm³/mol. The molecule has 2 N–H and O–H groups in total. The summed E-state index contributed by atoms with van der Waals surface area (Å²) in [6, 6.07) is 6.20. The zero-order valence-corrected chi connectivity index (χ0v) is 9.90. The lowest BCUT2D eigenvalue weighted by Crippen LogP contribution is -2.21.